The van der Waals surface area contributed by atoms with E-state index in [2.05, 4.69) is 21.1 Å². The molecule has 3 aromatic rings. The molecule has 0 saturated heterocycles. The standard InChI is InChI=1S/C14H10BrNO3/c15-10-3-5-12(6-4-10)18-9-11-8-14(19-16-11)13-2-1-7-17-13/h1-8H,9H2. The number of halogens is 1. The zero-order valence-corrected chi connectivity index (χ0v) is 11.5. The molecule has 0 aliphatic carbocycles. The van der Waals surface area contributed by atoms with E-state index in [1.807, 2.05) is 30.3 Å². The molecule has 0 radical (unpaired) electrons. The highest BCUT2D eigenvalue weighted by molar-refractivity contribution is 9.10. The van der Waals surface area contributed by atoms with Crippen molar-refractivity contribution < 1.29 is 13.7 Å². The van der Waals surface area contributed by atoms with Gasteiger partial charge in [0.1, 0.15) is 18.1 Å². The van der Waals surface area contributed by atoms with Crippen LogP contribution in [0.25, 0.3) is 11.5 Å². The van der Waals surface area contributed by atoms with Crippen molar-refractivity contribution in [3.05, 3.63) is 58.9 Å². The minimum Gasteiger partial charge on any atom is -0.487 e. The summed E-state index contributed by atoms with van der Waals surface area (Å²) in [5.41, 5.74) is 0.717. The maximum atomic E-state index is 5.60. The van der Waals surface area contributed by atoms with Crippen molar-refractivity contribution in [3.8, 4) is 17.3 Å². The number of benzene rings is 1. The average molecular weight is 320 g/mol. The molecule has 0 atom stereocenters. The fourth-order valence-electron chi connectivity index (χ4n) is 1.60. The molecule has 5 heteroatoms. The van der Waals surface area contributed by atoms with Gasteiger partial charge in [-0.15, -0.1) is 0 Å². The van der Waals surface area contributed by atoms with Crippen LogP contribution in [0.2, 0.25) is 0 Å². The maximum Gasteiger partial charge on any atom is 0.202 e. The molecule has 2 aromatic heterocycles. The summed E-state index contributed by atoms with van der Waals surface area (Å²) < 4.78 is 17.0. The van der Waals surface area contributed by atoms with Crippen molar-refractivity contribution in [2.45, 2.75) is 6.61 Å². The van der Waals surface area contributed by atoms with Gasteiger partial charge in [-0.3, -0.25) is 0 Å². The molecule has 0 aliphatic rings. The van der Waals surface area contributed by atoms with Crippen LogP contribution in [-0.4, -0.2) is 5.16 Å². The Morgan fingerprint density at radius 3 is 2.68 bits per heavy atom. The number of nitrogens with zero attached hydrogens (tertiary/aromatic N) is 1. The maximum absolute atomic E-state index is 5.60. The molecule has 0 bridgehead atoms. The zero-order valence-electron chi connectivity index (χ0n) is 9.88. The van der Waals surface area contributed by atoms with Crippen molar-refractivity contribution in [2.75, 3.05) is 0 Å². The van der Waals surface area contributed by atoms with Gasteiger partial charge in [0.25, 0.3) is 0 Å². The number of furan rings is 1. The van der Waals surface area contributed by atoms with Crippen LogP contribution < -0.4 is 4.74 Å². The summed E-state index contributed by atoms with van der Waals surface area (Å²) in [5, 5.41) is 3.94. The Bertz CT molecular complexity index is 644. The lowest BCUT2D eigenvalue weighted by molar-refractivity contribution is 0.289. The third-order valence-corrected chi connectivity index (χ3v) is 3.05. The van der Waals surface area contributed by atoms with Crippen LogP contribution in [0.15, 0.2) is 62.1 Å². The van der Waals surface area contributed by atoms with Crippen LogP contribution in [0.3, 0.4) is 0 Å². The first kappa shape index (κ1) is 12.0. The minimum atomic E-state index is 0.353. The highest BCUT2D eigenvalue weighted by Crippen LogP contribution is 2.22. The second-order valence-electron chi connectivity index (χ2n) is 3.90. The average Bonchev–Trinajstić information content (AvgIpc) is 3.09. The number of rotatable bonds is 4. The lowest BCUT2D eigenvalue weighted by Crippen LogP contribution is -1.94. The number of aromatic nitrogens is 1. The van der Waals surface area contributed by atoms with Crippen LogP contribution in [0.5, 0.6) is 5.75 Å². The van der Waals surface area contributed by atoms with E-state index < -0.39 is 0 Å². The molecule has 4 nitrogen and oxygen atoms in total. The highest BCUT2D eigenvalue weighted by atomic mass is 79.9. The van der Waals surface area contributed by atoms with E-state index >= 15 is 0 Å². The molecule has 0 fully saturated rings. The number of hydrogen-bond donors (Lipinski definition) is 0. The summed E-state index contributed by atoms with van der Waals surface area (Å²) in [4.78, 5) is 0. The van der Waals surface area contributed by atoms with E-state index in [0.29, 0.717) is 23.8 Å². The number of ether oxygens (including phenoxy) is 1. The van der Waals surface area contributed by atoms with Crippen molar-refractivity contribution in [1.29, 1.82) is 0 Å². The van der Waals surface area contributed by atoms with Crippen LogP contribution in [0.4, 0.5) is 0 Å². The van der Waals surface area contributed by atoms with Gasteiger partial charge in [0, 0.05) is 10.5 Å². The van der Waals surface area contributed by atoms with Crippen molar-refractivity contribution in [2.24, 2.45) is 0 Å². The normalized spacial score (nSPS) is 10.6. The van der Waals surface area contributed by atoms with Gasteiger partial charge in [0.05, 0.1) is 6.26 Å². The molecule has 0 unspecified atom stereocenters. The van der Waals surface area contributed by atoms with Crippen LogP contribution >= 0.6 is 15.9 Å². The Labute approximate surface area is 118 Å². The van der Waals surface area contributed by atoms with Crippen LogP contribution in [0.1, 0.15) is 5.69 Å². The zero-order chi connectivity index (χ0) is 13.1. The van der Waals surface area contributed by atoms with Crippen molar-refractivity contribution in [1.82, 2.24) is 5.16 Å². The van der Waals surface area contributed by atoms with E-state index in [0.717, 1.165) is 10.2 Å². The summed E-state index contributed by atoms with van der Waals surface area (Å²) in [6.45, 7) is 0.353. The summed E-state index contributed by atoms with van der Waals surface area (Å²) in [5.74, 6) is 2.03. The topological polar surface area (TPSA) is 48.4 Å². The van der Waals surface area contributed by atoms with E-state index in [9.17, 15) is 0 Å². The van der Waals surface area contributed by atoms with Gasteiger partial charge in [-0.2, -0.15) is 0 Å². The Balaban J connectivity index is 1.66. The smallest absolute Gasteiger partial charge is 0.202 e. The fraction of sp³-hybridized carbons (Fsp3) is 0.0714. The third kappa shape index (κ3) is 2.88. The van der Waals surface area contributed by atoms with Gasteiger partial charge >= 0.3 is 0 Å². The molecule has 0 amide bonds. The Hall–Kier alpha value is -2.01. The highest BCUT2D eigenvalue weighted by Gasteiger charge is 2.09. The fourth-order valence-corrected chi connectivity index (χ4v) is 1.87. The second kappa shape index (κ2) is 5.32. The van der Waals surface area contributed by atoms with Gasteiger partial charge in [-0.1, -0.05) is 21.1 Å². The van der Waals surface area contributed by atoms with Gasteiger partial charge in [-0.05, 0) is 36.4 Å². The molecule has 0 N–H and O–H groups in total. The minimum absolute atomic E-state index is 0.353. The monoisotopic (exact) mass is 319 g/mol. The molecule has 0 spiro atoms. The first-order chi connectivity index (χ1) is 9.31. The molecule has 1 aromatic carbocycles. The summed E-state index contributed by atoms with van der Waals surface area (Å²) in [6, 6.07) is 13.0. The lowest BCUT2D eigenvalue weighted by Gasteiger charge is -2.02. The molecular weight excluding hydrogens is 310 g/mol. The summed E-state index contributed by atoms with van der Waals surface area (Å²) >= 11 is 3.37. The largest absolute Gasteiger partial charge is 0.487 e. The quantitative estimate of drug-likeness (QED) is 0.720. The molecular formula is C14H10BrNO3. The van der Waals surface area contributed by atoms with E-state index in [4.69, 9.17) is 13.7 Å². The molecule has 2 heterocycles. The lowest BCUT2D eigenvalue weighted by atomic mass is 10.3. The predicted molar refractivity (Wildman–Crippen MR) is 72.7 cm³/mol. The van der Waals surface area contributed by atoms with E-state index in [1.54, 1.807) is 18.4 Å². The number of hydrogen-bond acceptors (Lipinski definition) is 4. The van der Waals surface area contributed by atoms with Gasteiger partial charge in [0.15, 0.2) is 5.76 Å². The van der Waals surface area contributed by atoms with Crippen LogP contribution in [0, 0.1) is 0 Å². The SMILES string of the molecule is Brc1ccc(OCc2cc(-c3ccco3)on2)cc1. The van der Waals surface area contributed by atoms with Gasteiger partial charge < -0.3 is 13.7 Å². The van der Waals surface area contributed by atoms with E-state index in [-0.39, 0.29) is 0 Å². The third-order valence-electron chi connectivity index (χ3n) is 2.52. The van der Waals surface area contributed by atoms with Gasteiger partial charge in [-0.25, -0.2) is 0 Å². The molecule has 96 valence electrons. The molecule has 3 rings (SSSR count). The van der Waals surface area contributed by atoms with E-state index in [1.165, 1.54) is 0 Å². The summed E-state index contributed by atoms with van der Waals surface area (Å²) in [7, 11) is 0. The summed E-state index contributed by atoms with van der Waals surface area (Å²) in [6.07, 6.45) is 1.59. The molecule has 0 saturated carbocycles. The Morgan fingerprint density at radius 1 is 1.11 bits per heavy atom. The Kier molecular flexibility index (Phi) is 3.37. The van der Waals surface area contributed by atoms with Crippen molar-refractivity contribution >= 4 is 15.9 Å². The Morgan fingerprint density at radius 2 is 1.95 bits per heavy atom. The van der Waals surface area contributed by atoms with Crippen molar-refractivity contribution in [3.63, 3.8) is 0 Å². The predicted octanol–water partition coefficient (Wildman–Crippen LogP) is 4.28. The van der Waals surface area contributed by atoms with Crippen LogP contribution in [-0.2, 0) is 6.61 Å². The first-order valence-corrected chi connectivity index (χ1v) is 6.48. The first-order valence-electron chi connectivity index (χ1n) is 5.69. The molecule has 0 aliphatic heterocycles. The second-order valence-corrected chi connectivity index (χ2v) is 4.82. The van der Waals surface area contributed by atoms with Gasteiger partial charge in [0.2, 0.25) is 5.76 Å². The molecule has 19 heavy (non-hydrogen) atoms.